The molecule has 160 valence electrons. The Labute approximate surface area is 175 Å². The summed E-state index contributed by atoms with van der Waals surface area (Å²) in [6, 6.07) is 7.05. The predicted octanol–water partition coefficient (Wildman–Crippen LogP) is 3.04. The molecule has 3 rings (SSSR count). The lowest BCUT2D eigenvalue weighted by Gasteiger charge is -2.24. The molecule has 1 saturated heterocycles. The van der Waals surface area contributed by atoms with Gasteiger partial charge in [-0.1, -0.05) is 13.0 Å². The van der Waals surface area contributed by atoms with Gasteiger partial charge in [-0.05, 0) is 30.2 Å². The highest BCUT2D eigenvalue weighted by atomic mass is 16.6. The molecule has 1 aliphatic heterocycles. The average Bonchev–Trinajstić information content (AvgIpc) is 2.98. The fraction of sp³-hybridized carbons (Fsp3) is 0.200. The molecule has 2 N–H and O–H groups in total. The highest BCUT2D eigenvalue weighted by Crippen LogP contribution is 2.41. The molecule has 1 aliphatic rings. The maximum absolute atomic E-state index is 12.7. The average molecular weight is 427 g/mol. The number of nitro benzene ring substituents is 2. The molecule has 31 heavy (non-hydrogen) atoms. The van der Waals surface area contributed by atoms with Crippen molar-refractivity contribution in [3.8, 4) is 5.75 Å². The summed E-state index contributed by atoms with van der Waals surface area (Å²) in [6.07, 6.45) is 0.473. The molecule has 11 nitrogen and oxygen atoms in total. The van der Waals surface area contributed by atoms with Crippen LogP contribution in [0.2, 0.25) is 0 Å². The number of nitro groups is 2. The van der Waals surface area contributed by atoms with Gasteiger partial charge in [0.1, 0.15) is 5.76 Å². The SMILES string of the molecule is CCCN1C(=O)C(=O)/C(=C(\O)c2ccc([N+](=O)[O-])cc2)C1c1ccc(O)c([N+](=O)[O-])c1. The Hall–Kier alpha value is -4.28. The number of amides is 1. The van der Waals surface area contributed by atoms with Crippen LogP contribution >= 0.6 is 0 Å². The fourth-order valence-electron chi connectivity index (χ4n) is 3.45. The highest BCUT2D eigenvalue weighted by molar-refractivity contribution is 6.46. The highest BCUT2D eigenvalue weighted by Gasteiger charge is 2.46. The van der Waals surface area contributed by atoms with Gasteiger partial charge in [0.2, 0.25) is 0 Å². The first-order valence-corrected chi connectivity index (χ1v) is 9.17. The van der Waals surface area contributed by atoms with E-state index in [2.05, 4.69) is 0 Å². The molecule has 1 heterocycles. The number of aliphatic hydroxyl groups is 1. The smallest absolute Gasteiger partial charge is 0.311 e. The van der Waals surface area contributed by atoms with Gasteiger partial charge in [0.05, 0.1) is 21.5 Å². The molecule has 1 atom stereocenters. The van der Waals surface area contributed by atoms with Gasteiger partial charge in [-0.15, -0.1) is 0 Å². The monoisotopic (exact) mass is 427 g/mol. The van der Waals surface area contributed by atoms with Crippen LogP contribution < -0.4 is 0 Å². The van der Waals surface area contributed by atoms with Crippen LogP contribution in [0, 0.1) is 20.2 Å². The number of likely N-dealkylation sites (tertiary alicyclic amines) is 1. The van der Waals surface area contributed by atoms with Crippen LogP contribution in [0.25, 0.3) is 5.76 Å². The van der Waals surface area contributed by atoms with Crippen LogP contribution in [0.5, 0.6) is 5.75 Å². The molecule has 2 aromatic carbocycles. The second-order valence-electron chi connectivity index (χ2n) is 6.80. The molecule has 0 aliphatic carbocycles. The molecule has 2 aromatic rings. The van der Waals surface area contributed by atoms with Crippen molar-refractivity contribution >= 4 is 28.8 Å². The van der Waals surface area contributed by atoms with Crippen molar-refractivity contribution in [1.29, 1.82) is 0 Å². The van der Waals surface area contributed by atoms with Crippen LogP contribution in [0.1, 0.15) is 30.5 Å². The van der Waals surface area contributed by atoms with E-state index in [-0.39, 0.29) is 28.9 Å². The van der Waals surface area contributed by atoms with Crippen LogP contribution in [-0.2, 0) is 9.59 Å². The molecule has 0 aromatic heterocycles. The summed E-state index contributed by atoms with van der Waals surface area (Å²) < 4.78 is 0. The molecule has 11 heteroatoms. The van der Waals surface area contributed by atoms with Gasteiger partial charge in [-0.3, -0.25) is 29.8 Å². The Balaban J connectivity index is 2.21. The molecule has 1 unspecified atom stereocenters. The van der Waals surface area contributed by atoms with Crippen molar-refractivity contribution in [3.63, 3.8) is 0 Å². The minimum Gasteiger partial charge on any atom is -0.507 e. The topological polar surface area (TPSA) is 164 Å². The minimum absolute atomic E-state index is 0.0679. The first kappa shape index (κ1) is 21.4. The van der Waals surface area contributed by atoms with Crippen molar-refractivity contribution < 1.29 is 29.6 Å². The van der Waals surface area contributed by atoms with Gasteiger partial charge in [0.25, 0.3) is 17.4 Å². The molecule has 1 fully saturated rings. The lowest BCUT2D eigenvalue weighted by Crippen LogP contribution is -2.30. The third kappa shape index (κ3) is 3.80. The Kier molecular flexibility index (Phi) is 5.68. The number of non-ortho nitro benzene ring substituents is 1. The predicted molar refractivity (Wildman–Crippen MR) is 107 cm³/mol. The first-order chi connectivity index (χ1) is 14.7. The number of carbonyl (C=O) groups excluding carboxylic acids is 2. The van der Waals surface area contributed by atoms with Gasteiger partial charge in [-0.25, -0.2) is 0 Å². The largest absolute Gasteiger partial charge is 0.507 e. The van der Waals surface area contributed by atoms with E-state index >= 15 is 0 Å². The lowest BCUT2D eigenvalue weighted by molar-refractivity contribution is -0.386. The van der Waals surface area contributed by atoms with Crippen LogP contribution in [-0.4, -0.2) is 43.2 Å². The van der Waals surface area contributed by atoms with Crippen molar-refractivity contribution in [2.75, 3.05) is 6.54 Å². The van der Waals surface area contributed by atoms with Gasteiger partial charge >= 0.3 is 5.69 Å². The number of hydrogen-bond donors (Lipinski definition) is 2. The van der Waals surface area contributed by atoms with Crippen LogP contribution in [0.15, 0.2) is 48.0 Å². The number of ketones is 1. The molecule has 1 amide bonds. The maximum atomic E-state index is 12.7. The van der Waals surface area contributed by atoms with E-state index in [1.54, 1.807) is 6.92 Å². The van der Waals surface area contributed by atoms with E-state index in [4.69, 9.17) is 0 Å². The number of Topliss-reactive ketones (excluding diaryl/α,β-unsaturated/α-hetero) is 1. The zero-order chi connectivity index (χ0) is 22.9. The Morgan fingerprint density at radius 1 is 1.06 bits per heavy atom. The Morgan fingerprint density at radius 3 is 2.26 bits per heavy atom. The molecule has 0 radical (unpaired) electrons. The number of benzene rings is 2. The van der Waals surface area contributed by atoms with E-state index in [1.807, 2.05) is 0 Å². The zero-order valence-electron chi connectivity index (χ0n) is 16.2. The number of hydrogen-bond acceptors (Lipinski definition) is 8. The Morgan fingerprint density at radius 2 is 1.71 bits per heavy atom. The van der Waals surface area contributed by atoms with Gasteiger partial charge in [0, 0.05) is 30.3 Å². The second kappa shape index (κ2) is 8.22. The molecule has 0 saturated carbocycles. The van der Waals surface area contributed by atoms with Crippen LogP contribution in [0.4, 0.5) is 11.4 Å². The third-order valence-electron chi connectivity index (χ3n) is 4.87. The maximum Gasteiger partial charge on any atom is 0.311 e. The van der Waals surface area contributed by atoms with Crippen molar-refractivity contribution in [3.05, 3.63) is 79.4 Å². The summed E-state index contributed by atoms with van der Waals surface area (Å²) in [6.45, 7) is 1.91. The molecule has 0 bridgehead atoms. The quantitative estimate of drug-likeness (QED) is 0.233. The summed E-state index contributed by atoms with van der Waals surface area (Å²) in [4.78, 5) is 47.2. The van der Waals surface area contributed by atoms with Crippen molar-refractivity contribution in [2.45, 2.75) is 19.4 Å². The number of nitrogens with zero attached hydrogens (tertiary/aromatic N) is 3. The number of aliphatic hydroxyl groups excluding tert-OH is 1. The van der Waals surface area contributed by atoms with Gasteiger partial charge < -0.3 is 15.1 Å². The second-order valence-corrected chi connectivity index (χ2v) is 6.80. The van der Waals surface area contributed by atoms with E-state index < -0.39 is 44.8 Å². The summed E-state index contributed by atoms with van der Waals surface area (Å²) in [5, 5.41) is 42.6. The number of phenols is 1. The van der Waals surface area contributed by atoms with E-state index in [9.17, 15) is 40.0 Å². The van der Waals surface area contributed by atoms with E-state index in [0.29, 0.717) is 6.42 Å². The van der Waals surface area contributed by atoms with Crippen LogP contribution in [0.3, 0.4) is 0 Å². The van der Waals surface area contributed by atoms with E-state index in [1.165, 1.54) is 23.1 Å². The van der Waals surface area contributed by atoms with Crippen molar-refractivity contribution in [1.82, 2.24) is 4.90 Å². The lowest BCUT2D eigenvalue weighted by atomic mass is 9.94. The molecular weight excluding hydrogens is 410 g/mol. The third-order valence-corrected chi connectivity index (χ3v) is 4.87. The summed E-state index contributed by atoms with van der Waals surface area (Å²) in [7, 11) is 0. The van der Waals surface area contributed by atoms with E-state index in [0.717, 1.165) is 24.3 Å². The van der Waals surface area contributed by atoms with Gasteiger partial charge in [0.15, 0.2) is 5.75 Å². The van der Waals surface area contributed by atoms with Crippen molar-refractivity contribution in [2.24, 2.45) is 0 Å². The zero-order valence-corrected chi connectivity index (χ0v) is 16.2. The number of rotatable bonds is 6. The number of aromatic hydroxyl groups is 1. The number of phenolic OH excluding ortho intramolecular Hbond substituents is 1. The minimum atomic E-state index is -1.13. The first-order valence-electron chi connectivity index (χ1n) is 9.17. The molecular formula is C20H17N3O8. The standard InChI is InChI=1S/C20H17N3O8/c1-2-9-21-17(12-5-8-15(24)14(10-12)23(30)31)16(19(26)20(21)27)18(25)11-3-6-13(7-4-11)22(28)29/h3-8,10,17,24-25H,2,9H2,1H3/b18-16-. The normalized spacial score (nSPS) is 17.7. The summed E-state index contributed by atoms with van der Waals surface area (Å²) in [5.74, 6) is -3.01. The molecule has 0 spiro atoms. The van der Waals surface area contributed by atoms with Gasteiger partial charge in [-0.2, -0.15) is 0 Å². The number of carbonyl (C=O) groups is 2. The Bertz CT molecular complexity index is 1120. The summed E-state index contributed by atoms with van der Waals surface area (Å²) in [5.41, 5.74) is -0.921. The summed E-state index contributed by atoms with van der Waals surface area (Å²) >= 11 is 0. The fourth-order valence-corrected chi connectivity index (χ4v) is 3.45.